The number of nitrogens with one attached hydrogen (secondary N) is 1. The first-order valence-corrected chi connectivity index (χ1v) is 4.07. The summed E-state index contributed by atoms with van der Waals surface area (Å²) >= 11 is 5.01. The zero-order valence-electron chi connectivity index (χ0n) is 7.14. The van der Waals surface area contributed by atoms with E-state index >= 15 is 0 Å². The second-order valence-electron chi connectivity index (χ2n) is 2.50. The zero-order valence-corrected chi connectivity index (χ0v) is 7.89. The zero-order chi connectivity index (χ0) is 11.5. The van der Waals surface area contributed by atoms with Gasteiger partial charge in [-0.1, -0.05) is 6.07 Å². The molecule has 1 aromatic rings. The topological polar surface area (TPSA) is 38.3 Å². The molecule has 1 amide bonds. The summed E-state index contributed by atoms with van der Waals surface area (Å²) in [6.45, 7) is 0. The molecule has 0 saturated carbocycles. The van der Waals surface area contributed by atoms with Crippen molar-refractivity contribution < 1.29 is 22.7 Å². The number of hydrogen-bond acceptors (Lipinski definition) is 2. The number of alkyl halides is 3. The third-order valence-electron chi connectivity index (χ3n) is 1.42. The van der Waals surface area contributed by atoms with Crippen molar-refractivity contribution >= 4 is 17.7 Å². The van der Waals surface area contributed by atoms with Gasteiger partial charge in [0.25, 0.3) is 5.91 Å². The van der Waals surface area contributed by atoms with E-state index in [0.717, 1.165) is 12.1 Å². The summed E-state index contributed by atoms with van der Waals surface area (Å²) in [5, 5.41) is 0. The Hall–Kier alpha value is -1.43. The SMILES string of the molecule is O=C(NCl)c1cccc(OC(F)(F)F)c1. The predicted molar refractivity (Wildman–Crippen MR) is 46.4 cm³/mol. The Morgan fingerprint density at radius 2 is 2.07 bits per heavy atom. The van der Waals surface area contributed by atoms with Gasteiger partial charge in [-0.15, -0.1) is 13.2 Å². The molecule has 1 rings (SSSR count). The Morgan fingerprint density at radius 3 is 2.60 bits per heavy atom. The van der Waals surface area contributed by atoms with E-state index in [0.29, 0.717) is 0 Å². The highest BCUT2D eigenvalue weighted by molar-refractivity contribution is 6.24. The third-order valence-corrected chi connectivity index (χ3v) is 1.59. The van der Waals surface area contributed by atoms with E-state index < -0.39 is 18.0 Å². The summed E-state index contributed by atoms with van der Waals surface area (Å²) < 4.78 is 39.0. The average Bonchev–Trinajstić information content (AvgIpc) is 2.14. The molecule has 0 saturated heterocycles. The molecule has 0 bridgehead atoms. The number of hydrogen-bond donors (Lipinski definition) is 1. The summed E-state index contributed by atoms with van der Waals surface area (Å²) in [7, 11) is 0. The van der Waals surface area contributed by atoms with Crippen molar-refractivity contribution in [1.82, 2.24) is 4.84 Å². The lowest BCUT2D eigenvalue weighted by molar-refractivity contribution is -0.274. The number of amides is 1. The highest BCUT2D eigenvalue weighted by atomic mass is 35.5. The normalized spacial score (nSPS) is 10.9. The van der Waals surface area contributed by atoms with Crippen LogP contribution in [0, 0.1) is 0 Å². The number of benzene rings is 1. The first-order valence-electron chi connectivity index (χ1n) is 3.69. The molecule has 0 atom stereocenters. The third kappa shape index (κ3) is 3.67. The molecule has 0 aliphatic carbocycles. The second-order valence-corrected chi connectivity index (χ2v) is 2.69. The minimum atomic E-state index is -4.78. The number of rotatable bonds is 2. The van der Waals surface area contributed by atoms with E-state index in [9.17, 15) is 18.0 Å². The second kappa shape index (κ2) is 4.39. The Labute approximate surface area is 87.9 Å². The number of carbonyl (C=O) groups is 1. The molecule has 82 valence electrons. The molecule has 7 heteroatoms. The predicted octanol–water partition coefficient (Wildman–Crippen LogP) is 2.47. The van der Waals surface area contributed by atoms with Crippen LogP contribution in [0.3, 0.4) is 0 Å². The van der Waals surface area contributed by atoms with Crippen molar-refractivity contribution in [2.45, 2.75) is 6.36 Å². The van der Waals surface area contributed by atoms with Crippen LogP contribution in [0.15, 0.2) is 24.3 Å². The average molecular weight is 240 g/mol. The van der Waals surface area contributed by atoms with Crippen molar-refractivity contribution in [2.75, 3.05) is 0 Å². The van der Waals surface area contributed by atoms with Crippen LogP contribution in [-0.2, 0) is 0 Å². The lowest BCUT2D eigenvalue weighted by atomic mass is 10.2. The van der Waals surface area contributed by atoms with Crippen molar-refractivity contribution in [2.24, 2.45) is 0 Å². The van der Waals surface area contributed by atoms with Crippen molar-refractivity contribution in [3.05, 3.63) is 29.8 Å². The number of ether oxygens (including phenoxy) is 1. The van der Waals surface area contributed by atoms with Crippen molar-refractivity contribution in [3.63, 3.8) is 0 Å². The molecule has 15 heavy (non-hydrogen) atoms. The van der Waals surface area contributed by atoms with Gasteiger partial charge in [-0.05, 0) is 18.2 Å². The molecular formula is C8H5ClF3NO2. The molecule has 0 aromatic heterocycles. The molecule has 0 unspecified atom stereocenters. The molecular weight excluding hydrogens is 235 g/mol. The summed E-state index contributed by atoms with van der Waals surface area (Å²) in [5.74, 6) is -1.18. The van der Waals surface area contributed by atoms with Crippen LogP contribution in [0.5, 0.6) is 5.75 Å². The summed E-state index contributed by atoms with van der Waals surface area (Å²) in [6.07, 6.45) is -4.78. The van der Waals surface area contributed by atoms with Gasteiger partial charge in [0.05, 0.1) is 0 Å². The number of halogens is 4. The van der Waals surface area contributed by atoms with Gasteiger partial charge in [0.2, 0.25) is 0 Å². The Kier molecular flexibility index (Phi) is 3.41. The first kappa shape index (κ1) is 11.6. The molecule has 0 aliphatic heterocycles. The van der Waals surface area contributed by atoms with E-state index in [1.807, 2.05) is 0 Å². The van der Waals surface area contributed by atoms with Gasteiger partial charge in [0.1, 0.15) is 5.75 Å². The largest absolute Gasteiger partial charge is 0.573 e. The fourth-order valence-corrected chi connectivity index (χ4v) is 0.998. The first-order chi connectivity index (χ1) is 6.92. The Balaban J connectivity index is 2.88. The van der Waals surface area contributed by atoms with Crippen LogP contribution < -0.4 is 9.57 Å². The Morgan fingerprint density at radius 1 is 1.40 bits per heavy atom. The lowest BCUT2D eigenvalue weighted by Crippen LogP contribution is -2.18. The maximum atomic E-state index is 11.8. The fraction of sp³-hybridized carbons (Fsp3) is 0.125. The van der Waals surface area contributed by atoms with Crippen LogP contribution in [-0.4, -0.2) is 12.3 Å². The van der Waals surface area contributed by atoms with E-state index in [2.05, 4.69) is 4.74 Å². The molecule has 0 heterocycles. The molecule has 0 fully saturated rings. The van der Waals surface area contributed by atoms with Crippen molar-refractivity contribution in [3.8, 4) is 5.75 Å². The molecule has 1 aromatic carbocycles. The molecule has 0 aliphatic rings. The van der Waals surface area contributed by atoms with E-state index in [-0.39, 0.29) is 5.56 Å². The highest BCUT2D eigenvalue weighted by Crippen LogP contribution is 2.23. The molecule has 0 radical (unpaired) electrons. The molecule has 1 N–H and O–H groups in total. The van der Waals surface area contributed by atoms with Crippen LogP contribution in [0.25, 0.3) is 0 Å². The quantitative estimate of drug-likeness (QED) is 0.805. The van der Waals surface area contributed by atoms with Gasteiger partial charge >= 0.3 is 6.36 Å². The standard InChI is InChI=1S/C8H5ClF3NO2/c9-13-7(14)5-2-1-3-6(4-5)15-8(10,11)12/h1-4H,(H,13,14). The molecule has 0 spiro atoms. The van der Waals surface area contributed by atoms with E-state index in [1.54, 1.807) is 4.84 Å². The van der Waals surface area contributed by atoms with Gasteiger partial charge in [0, 0.05) is 17.3 Å². The lowest BCUT2D eigenvalue weighted by Gasteiger charge is -2.09. The highest BCUT2D eigenvalue weighted by Gasteiger charge is 2.31. The van der Waals surface area contributed by atoms with Crippen LogP contribution in [0.1, 0.15) is 10.4 Å². The molecule has 3 nitrogen and oxygen atoms in total. The van der Waals surface area contributed by atoms with E-state index in [1.165, 1.54) is 12.1 Å². The fourth-order valence-electron chi connectivity index (χ4n) is 0.889. The summed E-state index contributed by atoms with van der Waals surface area (Å²) in [6, 6.07) is 4.58. The Bertz CT molecular complexity index is 367. The minimum absolute atomic E-state index is 0.0215. The van der Waals surface area contributed by atoms with Crippen LogP contribution in [0.2, 0.25) is 0 Å². The summed E-state index contributed by atoms with van der Waals surface area (Å²) in [5.41, 5.74) is -0.0215. The van der Waals surface area contributed by atoms with Crippen molar-refractivity contribution in [1.29, 1.82) is 0 Å². The van der Waals surface area contributed by atoms with Crippen LogP contribution >= 0.6 is 11.8 Å². The smallest absolute Gasteiger partial charge is 0.406 e. The van der Waals surface area contributed by atoms with E-state index in [4.69, 9.17) is 11.8 Å². The summed E-state index contributed by atoms with van der Waals surface area (Å²) in [4.78, 5) is 12.7. The maximum absolute atomic E-state index is 11.8. The number of carbonyl (C=O) groups excluding carboxylic acids is 1. The van der Waals surface area contributed by atoms with Gasteiger partial charge in [-0.25, -0.2) is 0 Å². The van der Waals surface area contributed by atoms with Gasteiger partial charge in [0.15, 0.2) is 0 Å². The minimum Gasteiger partial charge on any atom is -0.406 e. The van der Waals surface area contributed by atoms with Gasteiger partial charge in [-0.2, -0.15) is 0 Å². The van der Waals surface area contributed by atoms with Gasteiger partial charge < -0.3 is 4.74 Å². The maximum Gasteiger partial charge on any atom is 0.573 e. The van der Waals surface area contributed by atoms with Gasteiger partial charge in [-0.3, -0.25) is 9.63 Å². The monoisotopic (exact) mass is 239 g/mol. The van der Waals surface area contributed by atoms with Crippen LogP contribution in [0.4, 0.5) is 13.2 Å².